The second-order valence-corrected chi connectivity index (χ2v) is 5.32. The number of hydroxylamine groups is 1. The van der Waals surface area contributed by atoms with Crippen molar-refractivity contribution in [3.63, 3.8) is 0 Å². The van der Waals surface area contributed by atoms with Crippen LogP contribution in [0.3, 0.4) is 0 Å². The van der Waals surface area contributed by atoms with E-state index in [-0.39, 0.29) is 13.2 Å². The molecule has 0 aliphatic heterocycles. The number of hydrogen-bond donors (Lipinski definition) is 3. The van der Waals surface area contributed by atoms with Gasteiger partial charge in [-0.15, -0.1) is 0 Å². The van der Waals surface area contributed by atoms with Gasteiger partial charge in [-0.3, -0.25) is 4.84 Å². The van der Waals surface area contributed by atoms with Gasteiger partial charge in [-0.2, -0.15) is 0 Å². The van der Waals surface area contributed by atoms with E-state index in [1.807, 2.05) is 60.7 Å². The molecule has 3 amide bonds. The van der Waals surface area contributed by atoms with Crippen molar-refractivity contribution in [2.45, 2.75) is 19.1 Å². The zero-order chi connectivity index (χ0) is 18.8. The maximum absolute atomic E-state index is 12.1. The van der Waals surface area contributed by atoms with Crippen LogP contribution in [0.1, 0.15) is 11.1 Å². The summed E-state index contributed by atoms with van der Waals surface area (Å²) in [6, 6.07) is 17.2. The van der Waals surface area contributed by atoms with Crippen LogP contribution < -0.4 is 16.5 Å². The molecule has 2 aromatic rings. The lowest BCUT2D eigenvalue weighted by atomic mass is 10.1. The van der Waals surface area contributed by atoms with E-state index < -0.39 is 18.2 Å². The van der Waals surface area contributed by atoms with E-state index in [0.29, 0.717) is 11.9 Å². The number of carbonyl (C=O) groups excluding carboxylic acids is 2. The van der Waals surface area contributed by atoms with Crippen LogP contribution in [-0.2, 0) is 22.6 Å². The van der Waals surface area contributed by atoms with Gasteiger partial charge in [-0.1, -0.05) is 60.7 Å². The zero-order valence-electron chi connectivity index (χ0n) is 14.6. The molecule has 0 fully saturated rings. The summed E-state index contributed by atoms with van der Waals surface area (Å²) in [6.45, 7) is -0.0264. The van der Waals surface area contributed by atoms with Gasteiger partial charge in [0.15, 0.2) is 0 Å². The first-order chi connectivity index (χ1) is 12.5. The van der Waals surface area contributed by atoms with Crippen LogP contribution in [0.15, 0.2) is 60.7 Å². The molecule has 0 aliphatic rings. The number of primary amides is 1. The summed E-state index contributed by atoms with van der Waals surface area (Å²) in [4.78, 5) is 28.1. The van der Waals surface area contributed by atoms with Gasteiger partial charge < -0.3 is 15.8 Å². The fraction of sp³-hybridized carbons (Fsp3) is 0.222. The number of hydrogen-bond acceptors (Lipinski definition) is 4. The Morgan fingerprint density at radius 1 is 1.04 bits per heavy atom. The van der Waals surface area contributed by atoms with Crippen molar-refractivity contribution < 1.29 is 20.6 Å². The lowest BCUT2D eigenvalue weighted by Crippen LogP contribution is -2.45. The standard InChI is InChI=1S/C18H21N3O4/c19-17(22)24-13-16(11-14-7-3-1-4-8-14)20-18(23)21-25-12-15-9-5-2-6-10-15/h1-10,16H,11-13H2,(H2,19,22)(H2,20,21,23)/t16-/m0/s1/i/hD. The summed E-state index contributed by atoms with van der Waals surface area (Å²) < 4.78 is 12.5. The molecule has 2 rings (SSSR count). The largest absolute Gasteiger partial charge is 0.448 e. The molecule has 0 heterocycles. The summed E-state index contributed by atoms with van der Waals surface area (Å²) in [5.74, 6) is 0. The molecule has 7 nitrogen and oxygen atoms in total. The van der Waals surface area contributed by atoms with Crippen molar-refractivity contribution in [3.8, 4) is 0 Å². The lowest BCUT2D eigenvalue weighted by Gasteiger charge is -2.18. The molecule has 1 atom stereocenters. The van der Waals surface area contributed by atoms with Crippen LogP contribution in [0, 0.1) is 0 Å². The van der Waals surface area contributed by atoms with Crippen molar-refractivity contribution in [1.82, 2.24) is 10.8 Å². The van der Waals surface area contributed by atoms with Crippen molar-refractivity contribution in [2.24, 2.45) is 5.73 Å². The van der Waals surface area contributed by atoms with Crippen molar-refractivity contribution in [2.75, 3.05) is 6.61 Å². The first-order valence-electron chi connectivity index (χ1n) is 8.22. The van der Waals surface area contributed by atoms with Crippen LogP contribution in [0.4, 0.5) is 9.59 Å². The number of ether oxygens (including phenoxy) is 1. The predicted octanol–water partition coefficient (Wildman–Crippen LogP) is 2.12. The molecule has 0 saturated carbocycles. The zero-order valence-corrected chi connectivity index (χ0v) is 13.6. The maximum Gasteiger partial charge on any atom is 0.404 e. The van der Waals surface area contributed by atoms with Gasteiger partial charge in [0.1, 0.15) is 6.61 Å². The van der Waals surface area contributed by atoms with Crippen LogP contribution in [0.5, 0.6) is 0 Å². The average Bonchev–Trinajstić information content (AvgIpc) is 2.65. The second kappa shape index (κ2) is 9.94. The summed E-state index contributed by atoms with van der Waals surface area (Å²) >= 11 is 0. The summed E-state index contributed by atoms with van der Waals surface area (Å²) in [7, 11) is 0. The predicted molar refractivity (Wildman–Crippen MR) is 92.4 cm³/mol. The molecule has 132 valence electrons. The molecule has 2 aromatic carbocycles. The van der Waals surface area contributed by atoms with Crippen molar-refractivity contribution >= 4 is 12.1 Å². The lowest BCUT2D eigenvalue weighted by molar-refractivity contribution is 0.0469. The van der Waals surface area contributed by atoms with Gasteiger partial charge in [0.05, 0.1) is 12.6 Å². The Bertz CT molecular complexity index is 700. The Balaban J connectivity index is 1.89. The van der Waals surface area contributed by atoms with E-state index in [4.69, 9.17) is 16.7 Å². The molecule has 0 unspecified atom stereocenters. The molecule has 0 aromatic heterocycles. The molecule has 7 heteroatoms. The highest BCUT2D eigenvalue weighted by Gasteiger charge is 2.15. The first-order valence-corrected chi connectivity index (χ1v) is 7.77. The maximum atomic E-state index is 12.1. The third-order valence-corrected chi connectivity index (χ3v) is 3.30. The Morgan fingerprint density at radius 3 is 2.24 bits per heavy atom. The van der Waals surface area contributed by atoms with E-state index in [1.54, 1.807) is 0 Å². The third-order valence-electron chi connectivity index (χ3n) is 3.30. The van der Waals surface area contributed by atoms with Crippen molar-refractivity contribution in [3.05, 3.63) is 71.8 Å². The van der Waals surface area contributed by atoms with Gasteiger partial charge in [0.2, 0.25) is 1.41 Å². The topological polar surface area (TPSA) is 103 Å². The number of urea groups is 1. The van der Waals surface area contributed by atoms with Gasteiger partial charge >= 0.3 is 12.1 Å². The second-order valence-electron chi connectivity index (χ2n) is 5.32. The van der Waals surface area contributed by atoms with E-state index >= 15 is 0 Å². The van der Waals surface area contributed by atoms with E-state index in [0.717, 1.165) is 11.1 Å². The highest BCUT2D eigenvalue weighted by molar-refractivity contribution is 5.73. The summed E-state index contributed by atoms with van der Waals surface area (Å²) in [5, 5.41) is 2.60. The highest BCUT2D eigenvalue weighted by Crippen LogP contribution is 2.04. The Kier molecular flexibility index (Phi) is 6.67. The highest BCUT2D eigenvalue weighted by atomic mass is 16.7. The number of benzene rings is 2. The summed E-state index contributed by atoms with van der Waals surface area (Å²) in [6.07, 6.45) is -0.521. The van der Waals surface area contributed by atoms with E-state index in [2.05, 4.69) is 5.32 Å². The summed E-state index contributed by atoms with van der Waals surface area (Å²) in [5.41, 5.74) is 7.13. The van der Waals surface area contributed by atoms with E-state index in [9.17, 15) is 9.59 Å². The van der Waals surface area contributed by atoms with Gasteiger partial charge in [-0.05, 0) is 17.5 Å². The van der Waals surface area contributed by atoms with Gasteiger partial charge in [-0.25, -0.2) is 15.1 Å². The van der Waals surface area contributed by atoms with Crippen LogP contribution in [-0.4, -0.2) is 24.8 Å². The Hall–Kier alpha value is -3.06. The number of rotatable bonds is 8. The smallest absolute Gasteiger partial charge is 0.404 e. The molecule has 0 radical (unpaired) electrons. The minimum atomic E-state index is -0.930. The van der Waals surface area contributed by atoms with Crippen LogP contribution in [0.2, 0.25) is 1.41 Å². The average molecular weight is 344 g/mol. The molecule has 0 bridgehead atoms. The molecule has 4 N–H and O–H groups in total. The number of carbonyl (C=O) groups is 2. The minimum absolute atomic E-state index is 0.0822. The van der Waals surface area contributed by atoms with Crippen molar-refractivity contribution in [1.29, 1.82) is 0 Å². The Morgan fingerprint density at radius 2 is 1.64 bits per heavy atom. The van der Waals surface area contributed by atoms with E-state index in [1.165, 1.54) is 0 Å². The molecule has 0 spiro atoms. The number of amides is 3. The third kappa shape index (κ3) is 7.36. The molecule has 0 saturated heterocycles. The number of nitrogens with one attached hydrogen (secondary N) is 2. The Labute approximate surface area is 147 Å². The van der Waals surface area contributed by atoms with Gasteiger partial charge in [0, 0.05) is 0 Å². The monoisotopic (exact) mass is 344 g/mol. The SMILES string of the molecule is [2H]N(OCc1ccccc1)C(=O)N[C@H](COC(N)=O)Cc1ccccc1. The number of nitrogens with two attached hydrogens (primary N) is 1. The normalized spacial score (nSPS) is 11.9. The first kappa shape index (κ1) is 16.8. The fourth-order valence-electron chi connectivity index (χ4n) is 2.17. The van der Waals surface area contributed by atoms with Gasteiger partial charge in [0.25, 0.3) is 0 Å². The molecule has 25 heavy (non-hydrogen) atoms. The molecular weight excluding hydrogens is 322 g/mol. The minimum Gasteiger partial charge on any atom is -0.448 e. The van der Waals surface area contributed by atoms with Crippen LogP contribution >= 0.6 is 0 Å². The quantitative estimate of drug-likeness (QED) is 0.638. The molecule has 0 aliphatic carbocycles. The fourth-order valence-corrected chi connectivity index (χ4v) is 2.17. The molecular formula is C18H21N3O4. The van der Waals surface area contributed by atoms with Crippen LogP contribution in [0.25, 0.3) is 0 Å².